The van der Waals surface area contributed by atoms with Gasteiger partial charge in [-0.1, -0.05) is 29.8 Å². The van der Waals surface area contributed by atoms with Gasteiger partial charge in [-0.25, -0.2) is 4.98 Å². The molecule has 3 heterocycles. The highest BCUT2D eigenvalue weighted by molar-refractivity contribution is 6.31. The number of rotatable bonds is 4. The molecule has 186 valence electrons. The summed E-state index contributed by atoms with van der Waals surface area (Å²) >= 11 is 6.30. The van der Waals surface area contributed by atoms with E-state index in [0.29, 0.717) is 30.1 Å². The fourth-order valence-corrected chi connectivity index (χ4v) is 5.08. The first-order valence-corrected chi connectivity index (χ1v) is 12.7. The lowest BCUT2D eigenvalue weighted by Gasteiger charge is -2.27. The number of carbonyl (C=O) groups is 1. The van der Waals surface area contributed by atoms with Gasteiger partial charge in [0, 0.05) is 22.8 Å². The van der Waals surface area contributed by atoms with E-state index in [1.807, 2.05) is 54.3 Å². The van der Waals surface area contributed by atoms with E-state index >= 15 is 0 Å². The quantitative estimate of drug-likeness (QED) is 0.258. The number of benzene rings is 3. The molecule has 1 amide bonds. The van der Waals surface area contributed by atoms with Crippen molar-refractivity contribution >= 4 is 39.9 Å². The Morgan fingerprint density at radius 2 is 1.81 bits per heavy atom. The van der Waals surface area contributed by atoms with Crippen molar-refractivity contribution in [2.75, 3.05) is 11.9 Å². The lowest BCUT2D eigenvalue weighted by Crippen LogP contribution is -2.36. The number of H-pyrrole nitrogens is 2. The van der Waals surface area contributed by atoms with Crippen LogP contribution in [-0.2, 0) is 13.0 Å². The molecule has 1 aliphatic heterocycles. The number of para-hydroxylation sites is 1. The van der Waals surface area contributed by atoms with Gasteiger partial charge in [0.15, 0.2) is 5.82 Å². The molecule has 6 rings (SSSR count). The molecule has 0 spiro atoms. The van der Waals surface area contributed by atoms with E-state index in [1.54, 1.807) is 0 Å². The predicted octanol–water partition coefficient (Wildman–Crippen LogP) is 6.47. The first-order valence-electron chi connectivity index (χ1n) is 12.3. The summed E-state index contributed by atoms with van der Waals surface area (Å²) in [7, 11) is 0. The van der Waals surface area contributed by atoms with Gasteiger partial charge in [0.25, 0.3) is 5.91 Å². The number of aromatic amines is 2. The van der Waals surface area contributed by atoms with Gasteiger partial charge < -0.3 is 15.2 Å². The second-order valence-corrected chi connectivity index (χ2v) is 10.0. The van der Waals surface area contributed by atoms with E-state index in [1.165, 1.54) is 11.1 Å². The van der Waals surface area contributed by atoms with Crippen molar-refractivity contribution in [3.8, 4) is 11.5 Å². The van der Waals surface area contributed by atoms with E-state index < -0.39 is 0 Å². The van der Waals surface area contributed by atoms with Gasteiger partial charge in [0.05, 0.1) is 34.5 Å². The Morgan fingerprint density at radius 3 is 2.68 bits per heavy atom. The Labute approximate surface area is 219 Å². The summed E-state index contributed by atoms with van der Waals surface area (Å²) < 4.78 is 0. The molecule has 1 aliphatic rings. The van der Waals surface area contributed by atoms with Crippen LogP contribution in [0.2, 0.25) is 5.02 Å². The normalized spacial score (nSPS) is 13.1. The maximum absolute atomic E-state index is 13.6. The molecule has 0 radical (unpaired) electrons. The van der Waals surface area contributed by atoms with Crippen molar-refractivity contribution in [2.24, 2.45) is 0 Å². The Bertz CT molecular complexity index is 1630. The summed E-state index contributed by atoms with van der Waals surface area (Å²) in [4.78, 5) is 23.7. The van der Waals surface area contributed by atoms with Crippen LogP contribution in [0.3, 0.4) is 0 Å². The zero-order chi connectivity index (χ0) is 25.7. The highest BCUT2D eigenvalue weighted by Crippen LogP contribution is 2.32. The highest BCUT2D eigenvalue weighted by atomic mass is 35.5. The third-order valence-corrected chi connectivity index (χ3v) is 7.65. The number of aromatic nitrogens is 4. The average molecular weight is 511 g/mol. The minimum absolute atomic E-state index is 0.0346. The maximum Gasteiger partial charge on any atom is 0.256 e. The zero-order valence-electron chi connectivity index (χ0n) is 20.9. The van der Waals surface area contributed by atoms with Gasteiger partial charge in [0.2, 0.25) is 0 Å². The standard InChI is InChI=1S/C29H27ClN6O/c1-16-13-24-25(14-17(16)2)33-28(32-24)27-19-11-12-36(15-26(19)34-35-27)29(37)20-7-4-5-9-23(20)31-22-10-6-8-21(30)18(22)3/h4-10,13-14,31H,11-12,15H2,1-3H3,(H,32,33)(H,34,35). The van der Waals surface area contributed by atoms with Crippen LogP contribution in [0.25, 0.3) is 22.6 Å². The van der Waals surface area contributed by atoms with Crippen LogP contribution in [-0.4, -0.2) is 37.5 Å². The van der Waals surface area contributed by atoms with Gasteiger partial charge >= 0.3 is 0 Å². The molecule has 37 heavy (non-hydrogen) atoms. The van der Waals surface area contributed by atoms with E-state index in [0.717, 1.165) is 50.7 Å². The molecule has 5 aromatic rings. The van der Waals surface area contributed by atoms with Crippen molar-refractivity contribution in [1.82, 2.24) is 25.1 Å². The number of fused-ring (bicyclic) bond motifs is 2. The first-order chi connectivity index (χ1) is 17.9. The Morgan fingerprint density at radius 1 is 1.03 bits per heavy atom. The van der Waals surface area contributed by atoms with Crippen LogP contribution in [0.5, 0.6) is 0 Å². The molecule has 0 atom stereocenters. The molecular formula is C29H27ClN6O. The van der Waals surface area contributed by atoms with E-state index in [4.69, 9.17) is 16.6 Å². The summed E-state index contributed by atoms with van der Waals surface area (Å²) in [6.07, 6.45) is 0.699. The van der Waals surface area contributed by atoms with Crippen molar-refractivity contribution in [2.45, 2.75) is 33.7 Å². The maximum atomic E-state index is 13.6. The molecule has 8 heteroatoms. The molecule has 0 unspecified atom stereocenters. The second-order valence-electron chi connectivity index (χ2n) is 9.62. The van der Waals surface area contributed by atoms with Gasteiger partial charge in [-0.05, 0) is 80.3 Å². The fraction of sp³-hybridized carbons (Fsp3) is 0.207. The van der Waals surface area contributed by atoms with Crippen LogP contribution in [0, 0.1) is 20.8 Å². The summed E-state index contributed by atoms with van der Waals surface area (Å²) in [5.41, 5.74) is 10.4. The smallest absolute Gasteiger partial charge is 0.256 e. The number of anilines is 2. The fourth-order valence-electron chi connectivity index (χ4n) is 4.90. The minimum Gasteiger partial charge on any atom is -0.355 e. The second kappa shape index (κ2) is 9.09. The number of hydrogen-bond acceptors (Lipinski definition) is 4. The third kappa shape index (κ3) is 4.15. The lowest BCUT2D eigenvalue weighted by molar-refractivity contribution is 0.0733. The molecular weight excluding hydrogens is 484 g/mol. The summed E-state index contributed by atoms with van der Waals surface area (Å²) in [5, 5.41) is 11.8. The number of aryl methyl sites for hydroxylation is 2. The largest absolute Gasteiger partial charge is 0.355 e. The molecule has 0 bridgehead atoms. The number of carbonyl (C=O) groups excluding carboxylic acids is 1. The Kier molecular flexibility index (Phi) is 5.72. The molecule has 0 saturated carbocycles. The Hall–Kier alpha value is -4.10. The van der Waals surface area contributed by atoms with Gasteiger partial charge in [-0.2, -0.15) is 5.10 Å². The van der Waals surface area contributed by atoms with Crippen LogP contribution < -0.4 is 5.32 Å². The first kappa shape index (κ1) is 23.3. The monoisotopic (exact) mass is 510 g/mol. The van der Waals surface area contributed by atoms with E-state index in [-0.39, 0.29) is 5.91 Å². The van der Waals surface area contributed by atoms with Crippen LogP contribution >= 0.6 is 11.6 Å². The van der Waals surface area contributed by atoms with Gasteiger partial charge in [-0.3, -0.25) is 9.89 Å². The number of nitrogens with zero attached hydrogens (tertiary/aromatic N) is 3. The zero-order valence-corrected chi connectivity index (χ0v) is 21.7. The van der Waals surface area contributed by atoms with Crippen molar-refractivity contribution in [3.63, 3.8) is 0 Å². The number of imidazole rings is 1. The van der Waals surface area contributed by atoms with E-state index in [9.17, 15) is 4.79 Å². The molecule has 0 saturated heterocycles. The van der Waals surface area contributed by atoms with Gasteiger partial charge in [-0.15, -0.1) is 0 Å². The number of halogens is 1. The van der Waals surface area contributed by atoms with E-state index in [2.05, 4.69) is 46.5 Å². The molecule has 3 aromatic carbocycles. The number of hydrogen-bond donors (Lipinski definition) is 3. The van der Waals surface area contributed by atoms with Crippen molar-refractivity contribution in [3.05, 3.63) is 93.1 Å². The topological polar surface area (TPSA) is 89.7 Å². The summed E-state index contributed by atoms with van der Waals surface area (Å²) in [6, 6.07) is 17.5. The number of nitrogens with one attached hydrogen (secondary N) is 3. The molecule has 3 N–H and O–H groups in total. The average Bonchev–Trinajstić information content (AvgIpc) is 3.50. The highest BCUT2D eigenvalue weighted by Gasteiger charge is 2.28. The van der Waals surface area contributed by atoms with Crippen LogP contribution in [0.15, 0.2) is 54.6 Å². The van der Waals surface area contributed by atoms with Crippen LogP contribution in [0.4, 0.5) is 11.4 Å². The van der Waals surface area contributed by atoms with Gasteiger partial charge in [0.1, 0.15) is 5.69 Å². The SMILES string of the molecule is Cc1cc2nc(-c3[nH]nc4c3CCN(C(=O)c3ccccc3Nc3cccc(Cl)c3C)C4)[nH]c2cc1C. The minimum atomic E-state index is -0.0346. The molecule has 0 fully saturated rings. The number of amides is 1. The summed E-state index contributed by atoms with van der Waals surface area (Å²) in [6.45, 7) is 7.19. The molecule has 2 aromatic heterocycles. The summed E-state index contributed by atoms with van der Waals surface area (Å²) in [5.74, 6) is 0.743. The molecule has 7 nitrogen and oxygen atoms in total. The van der Waals surface area contributed by atoms with Crippen molar-refractivity contribution < 1.29 is 4.79 Å². The van der Waals surface area contributed by atoms with Crippen LogP contribution in [0.1, 0.15) is 38.3 Å². The Balaban J connectivity index is 1.26. The lowest BCUT2D eigenvalue weighted by atomic mass is 10.0. The molecule has 0 aliphatic carbocycles. The van der Waals surface area contributed by atoms with Crippen molar-refractivity contribution in [1.29, 1.82) is 0 Å². The third-order valence-electron chi connectivity index (χ3n) is 7.24. The predicted molar refractivity (Wildman–Crippen MR) is 148 cm³/mol.